The maximum absolute atomic E-state index is 13.2. The van der Waals surface area contributed by atoms with Crippen molar-refractivity contribution in [3.05, 3.63) is 17.0 Å². The number of carbonyl (C=O) groups is 1. The molecule has 2 aliphatic carbocycles. The first-order valence-electron chi connectivity index (χ1n) is 7.28. The molecule has 2 fully saturated rings. The average Bonchev–Trinajstić information content (AvgIpc) is 3.09. The van der Waals surface area contributed by atoms with Gasteiger partial charge >= 0.3 is 5.97 Å². The number of aromatic carboxylic acids is 1. The van der Waals surface area contributed by atoms with E-state index in [0.29, 0.717) is 12.8 Å². The lowest BCUT2D eigenvalue weighted by atomic mass is 10.1. The van der Waals surface area contributed by atoms with Crippen LogP contribution in [-0.2, 0) is 6.54 Å². The Kier molecular flexibility index (Phi) is 3.65. The summed E-state index contributed by atoms with van der Waals surface area (Å²) >= 11 is 0. The van der Waals surface area contributed by atoms with Crippen LogP contribution >= 0.6 is 0 Å². The van der Waals surface area contributed by atoms with Crippen molar-refractivity contribution in [2.24, 2.45) is 5.92 Å². The first kappa shape index (κ1) is 15.3. The molecule has 0 radical (unpaired) electrons. The highest BCUT2D eigenvalue weighted by Gasteiger charge is 2.41. The quantitative estimate of drug-likeness (QED) is 0.839. The number of carboxylic acids is 1. The molecule has 22 heavy (non-hydrogen) atoms. The summed E-state index contributed by atoms with van der Waals surface area (Å²) in [5, 5.41) is 13.3. The van der Waals surface area contributed by atoms with Crippen LogP contribution in [0.1, 0.15) is 66.2 Å². The van der Waals surface area contributed by atoms with Crippen molar-refractivity contribution in [2.75, 3.05) is 0 Å². The Morgan fingerprint density at radius 2 is 2.05 bits per heavy atom. The van der Waals surface area contributed by atoms with Crippen LogP contribution in [-0.4, -0.2) is 26.8 Å². The Morgan fingerprint density at radius 3 is 2.50 bits per heavy atom. The summed E-state index contributed by atoms with van der Waals surface area (Å²) in [6.45, 7) is -0.0519. The molecule has 1 aromatic rings. The highest BCUT2D eigenvalue weighted by molar-refractivity contribution is 5.88. The molecule has 122 valence electrons. The van der Waals surface area contributed by atoms with E-state index in [2.05, 4.69) is 5.10 Å². The summed E-state index contributed by atoms with van der Waals surface area (Å²) in [5.74, 6) is -4.81. The standard InChI is InChI=1S/C14H16F4N2O2/c15-12(16)9-10(8-1-2-8)19-20(11(9)13(21)22)6-7-3-4-14(17,18)5-7/h7-8,12H,1-6H2,(H,21,22)/t7-/m0/s1. The Hall–Kier alpha value is -1.60. The van der Waals surface area contributed by atoms with E-state index < -0.39 is 35.5 Å². The predicted molar refractivity (Wildman–Crippen MR) is 68.4 cm³/mol. The fraction of sp³-hybridized carbons (Fsp3) is 0.714. The van der Waals surface area contributed by atoms with Crippen molar-refractivity contribution in [3.63, 3.8) is 0 Å². The molecule has 0 bridgehead atoms. The number of hydrogen-bond donors (Lipinski definition) is 1. The first-order valence-corrected chi connectivity index (χ1v) is 7.28. The number of rotatable bonds is 5. The van der Waals surface area contributed by atoms with E-state index in [-0.39, 0.29) is 37.4 Å². The van der Waals surface area contributed by atoms with Crippen LogP contribution in [0.2, 0.25) is 0 Å². The van der Waals surface area contributed by atoms with E-state index in [0.717, 1.165) is 4.68 Å². The Labute approximate surface area is 124 Å². The van der Waals surface area contributed by atoms with Crippen LogP contribution in [0, 0.1) is 5.92 Å². The van der Waals surface area contributed by atoms with Gasteiger partial charge in [-0.05, 0) is 25.2 Å². The lowest BCUT2D eigenvalue weighted by Crippen LogP contribution is -2.18. The van der Waals surface area contributed by atoms with E-state index in [4.69, 9.17) is 0 Å². The Morgan fingerprint density at radius 1 is 1.36 bits per heavy atom. The zero-order valence-electron chi connectivity index (χ0n) is 11.7. The van der Waals surface area contributed by atoms with Gasteiger partial charge < -0.3 is 5.11 Å². The van der Waals surface area contributed by atoms with Gasteiger partial charge in [0.2, 0.25) is 5.92 Å². The molecular weight excluding hydrogens is 304 g/mol. The lowest BCUT2D eigenvalue weighted by Gasteiger charge is -2.12. The minimum atomic E-state index is -2.93. The molecule has 2 aliphatic rings. The van der Waals surface area contributed by atoms with Crippen LogP contribution < -0.4 is 0 Å². The molecule has 0 saturated heterocycles. The van der Waals surface area contributed by atoms with Crippen LogP contribution in [0.15, 0.2) is 0 Å². The zero-order chi connectivity index (χ0) is 16.1. The van der Waals surface area contributed by atoms with Gasteiger partial charge in [0.05, 0.1) is 11.3 Å². The maximum Gasteiger partial charge on any atom is 0.354 e. The van der Waals surface area contributed by atoms with Crippen molar-refractivity contribution in [2.45, 2.75) is 56.9 Å². The number of alkyl halides is 4. The first-order chi connectivity index (χ1) is 10.3. The normalized spacial score (nSPS) is 24.1. The van der Waals surface area contributed by atoms with Gasteiger partial charge in [0.15, 0.2) is 5.69 Å². The van der Waals surface area contributed by atoms with Crippen LogP contribution in [0.4, 0.5) is 17.6 Å². The summed E-state index contributed by atoms with van der Waals surface area (Å²) in [7, 11) is 0. The van der Waals surface area contributed by atoms with Crippen molar-refractivity contribution in [1.29, 1.82) is 0 Å². The molecule has 1 atom stereocenters. The van der Waals surface area contributed by atoms with Gasteiger partial charge in [-0.3, -0.25) is 4.68 Å². The number of carboxylic acid groups (broad SMARTS) is 1. The van der Waals surface area contributed by atoms with Crippen molar-refractivity contribution in [1.82, 2.24) is 9.78 Å². The highest BCUT2D eigenvalue weighted by atomic mass is 19.3. The predicted octanol–water partition coefficient (Wildman–Crippen LogP) is 3.83. The molecule has 1 heterocycles. The van der Waals surface area contributed by atoms with Crippen LogP contribution in [0.25, 0.3) is 0 Å². The third-order valence-electron chi connectivity index (χ3n) is 4.34. The SMILES string of the molecule is O=C(O)c1c(C(F)F)c(C2CC2)nn1C[C@H]1CCC(F)(F)C1. The van der Waals surface area contributed by atoms with Gasteiger partial charge in [0, 0.05) is 25.3 Å². The topological polar surface area (TPSA) is 55.1 Å². The van der Waals surface area contributed by atoms with Gasteiger partial charge in [-0.2, -0.15) is 5.10 Å². The molecule has 0 aliphatic heterocycles. The van der Waals surface area contributed by atoms with Crippen molar-refractivity contribution in [3.8, 4) is 0 Å². The molecule has 2 saturated carbocycles. The molecule has 3 rings (SSSR count). The lowest BCUT2D eigenvalue weighted by molar-refractivity contribution is 0.00419. The molecule has 4 nitrogen and oxygen atoms in total. The van der Waals surface area contributed by atoms with Crippen LogP contribution in [0.5, 0.6) is 0 Å². The molecule has 1 aromatic heterocycles. The third kappa shape index (κ3) is 2.83. The smallest absolute Gasteiger partial charge is 0.354 e. The fourth-order valence-corrected chi connectivity index (χ4v) is 3.17. The summed E-state index contributed by atoms with van der Waals surface area (Å²) in [6.07, 6.45) is -1.88. The second-order valence-corrected chi connectivity index (χ2v) is 6.17. The van der Waals surface area contributed by atoms with E-state index in [1.165, 1.54) is 0 Å². The number of halogens is 4. The summed E-state index contributed by atoms with van der Waals surface area (Å²) in [4.78, 5) is 11.4. The molecule has 0 spiro atoms. The van der Waals surface area contributed by atoms with Gasteiger partial charge in [-0.25, -0.2) is 22.4 Å². The molecule has 0 amide bonds. The number of nitrogens with zero attached hydrogens (tertiary/aromatic N) is 2. The largest absolute Gasteiger partial charge is 0.477 e. The minimum Gasteiger partial charge on any atom is -0.477 e. The van der Waals surface area contributed by atoms with Crippen LogP contribution in [0.3, 0.4) is 0 Å². The molecule has 8 heteroatoms. The van der Waals surface area contributed by atoms with Gasteiger partial charge in [-0.15, -0.1) is 0 Å². The third-order valence-corrected chi connectivity index (χ3v) is 4.34. The highest BCUT2D eigenvalue weighted by Crippen LogP contribution is 2.45. The summed E-state index contributed by atoms with van der Waals surface area (Å²) in [5.41, 5.74) is -0.968. The van der Waals surface area contributed by atoms with Gasteiger partial charge in [-0.1, -0.05) is 0 Å². The van der Waals surface area contributed by atoms with E-state index >= 15 is 0 Å². The summed E-state index contributed by atoms with van der Waals surface area (Å²) in [6, 6.07) is 0. The van der Waals surface area contributed by atoms with Crippen molar-refractivity contribution < 1.29 is 27.5 Å². The monoisotopic (exact) mass is 320 g/mol. The van der Waals surface area contributed by atoms with E-state index in [1.54, 1.807) is 0 Å². The minimum absolute atomic E-state index is 0.0519. The van der Waals surface area contributed by atoms with Gasteiger partial charge in [0.1, 0.15) is 0 Å². The van der Waals surface area contributed by atoms with Gasteiger partial charge in [0.25, 0.3) is 6.43 Å². The van der Waals surface area contributed by atoms with E-state index in [9.17, 15) is 27.5 Å². The van der Waals surface area contributed by atoms with E-state index in [1.807, 2.05) is 0 Å². The maximum atomic E-state index is 13.2. The second kappa shape index (κ2) is 5.24. The average molecular weight is 320 g/mol. The Bertz CT molecular complexity index is 596. The zero-order valence-corrected chi connectivity index (χ0v) is 11.7. The second-order valence-electron chi connectivity index (χ2n) is 6.17. The van der Waals surface area contributed by atoms with Crippen molar-refractivity contribution >= 4 is 5.97 Å². The summed E-state index contributed by atoms with van der Waals surface area (Å²) < 4.78 is 54.0. The molecule has 0 aromatic carbocycles. The number of aromatic nitrogens is 2. The fourth-order valence-electron chi connectivity index (χ4n) is 3.17. The molecule has 1 N–H and O–H groups in total. The molecular formula is C14H16F4N2O2. The Balaban J connectivity index is 1.93. The number of hydrogen-bond acceptors (Lipinski definition) is 2. The molecule has 0 unspecified atom stereocenters.